The maximum absolute atomic E-state index is 15.4. The topological polar surface area (TPSA) is 116 Å². The summed E-state index contributed by atoms with van der Waals surface area (Å²) in [4.78, 5) is 61.8. The molecule has 6 unspecified atom stereocenters. The number of aromatic hydroxyl groups is 1. The Morgan fingerprint density at radius 3 is 2.13 bits per heavy atom. The number of halogens is 1. The van der Waals surface area contributed by atoms with Crippen molar-refractivity contribution < 1.29 is 29.0 Å². The van der Waals surface area contributed by atoms with Gasteiger partial charge in [0.25, 0.3) is 0 Å². The van der Waals surface area contributed by atoms with Crippen molar-refractivity contribution in [2.24, 2.45) is 23.7 Å². The molecule has 2 N–H and O–H groups in total. The summed E-state index contributed by atoms with van der Waals surface area (Å²) in [7, 11) is 1.45. The summed E-state index contributed by atoms with van der Waals surface area (Å²) in [6, 6.07) is 37.8. The lowest BCUT2D eigenvalue weighted by atomic mass is 9.49. The quantitative estimate of drug-likeness (QED) is 0.127. The Bertz CT molecular complexity index is 2400. The highest BCUT2D eigenvalue weighted by molar-refractivity contribution is 6.32. The molecule has 10 heteroatoms. The molecule has 1 saturated carbocycles. The van der Waals surface area contributed by atoms with Crippen molar-refractivity contribution in [2.75, 3.05) is 22.2 Å². The Kier molecular flexibility index (Phi) is 8.35. The van der Waals surface area contributed by atoms with Crippen molar-refractivity contribution >= 4 is 58.0 Å². The first kappa shape index (κ1) is 34.6. The third-order valence-electron chi connectivity index (χ3n) is 11.9. The van der Waals surface area contributed by atoms with Crippen LogP contribution in [0.1, 0.15) is 29.9 Å². The SMILES string of the molecule is COc1cccc(C2C3=CCC4C(=O)N(c5ccc(Nc6ccccc6)cc5)C(=O)C4C3CC3C(=O)N(c4cccc(Cl)c4)C(=O)C32c2ccccc2)c1O. The molecule has 5 aromatic carbocycles. The zero-order chi connectivity index (χ0) is 38.0. The smallest absolute Gasteiger partial charge is 0.246 e. The minimum absolute atomic E-state index is 0.136. The predicted molar refractivity (Wildman–Crippen MR) is 209 cm³/mol. The molecule has 3 fully saturated rings. The maximum Gasteiger partial charge on any atom is 0.246 e. The molecule has 9 nitrogen and oxygen atoms in total. The lowest BCUT2D eigenvalue weighted by molar-refractivity contribution is -0.127. The van der Waals surface area contributed by atoms with Crippen molar-refractivity contribution in [2.45, 2.75) is 24.2 Å². The summed E-state index contributed by atoms with van der Waals surface area (Å²) in [5.74, 6) is -5.38. The number of nitrogens with zero attached hydrogens (tertiary/aromatic N) is 2. The van der Waals surface area contributed by atoms with Gasteiger partial charge in [-0.25, -0.2) is 4.90 Å². The maximum atomic E-state index is 15.4. The monoisotopic (exact) mass is 749 g/mol. The number of fused-ring (bicyclic) bond motifs is 4. The Labute approximate surface area is 322 Å². The van der Waals surface area contributed by atoms with Crippen LogP contribution in [0.15, 0.2) is 139 Å². The number of imide groups is 2. The number of anilines is 4. The fourth-order valence-electron chi connectivity index (χ4n) is 9.66. The summed E-state index contributed by atoms with van der Waals surface area (Å²) in [5.41, 5.74) is 2.72. The molecule has 2 aliphatic heterocycles. The third kappa shape index (κ3) is 5.21. The molecule has 4 aliphatic rings. The number of allylic oxidation sites excluding steroid dienone is 2. The van der Waals surface area contributed by atoms with Crippen molar-refractivity contribution in [1.82, 2.24) is 0 Å². The molecule has 0 spiro atoms. The van der Waals surface area contributed by atoms with Crippen LogP contribution in [-0.4, -0.2) is 35.8 Å². The van der Waals surface area contributed by atoms with E-state index in [1.54, 1.807) is 54.6 Å². The lowest BCUT2D eigenvalue weighted by Crippen LogP contribution is -2.53. The second kappa shape index (κ2) is 13.3. The van der Waals surface area contributed by atoms with E-state index in [0.717, 1.165) is 16.9 Å². The van der Waals surface area contributed by atoms with Crippen LogP contribution in [0.3, 0.4) is 0 Å². The second-order valence-electron chi connectivity index (χ2n) is 14.5. The molecule has 0 radical (unpaired) electrons. The van der Waals surface area contributed by atoms with Gasteiger partial charge in [-0.15, -0.1) is 0 Å². The van der Waals surface area contributed by atoms with E-state index in [1.807, 2.05) is 78.9 Å². The molecular formula is C45H36ClN3O6. The predicted octanol–water partition coefficient (Wildman–Crippen LogP) is 8.16. The van der Waals surface area contributed by atoms with Crippen molar-refractivity contribution in [1.29, 1.82) is 0 Å². The van der Waals surface area contributed by atoms with Crippen LogP contribution in [0.5, 0.6) is 11.5 Å². The Morgan fingerprint density at radius 1 is 0.727 bits per heavy atom. The normalized spacial score (nSPS) is 25.6. The Morgan fingerprint density at radius 2 is 1.42 bits per heavy atom. The van der Waals surface area contributed by atoms with Gasteiger partial charge < -0.3 is 15.2 Å². The van der Waals surface area contributed by atoms with Crippen LogP contribution in [0, 0.1) is 23.7 Å². The van der Waals surface area contributed by atoms with E-state index in [1.165, 1.54) is 16.9 Å². The van der Waals surface area contributed by atoms with E-state index in [4.69, 9.17) is 16.3 Å². The first-order chi connectivity index (χ1) is 26.7. The number of benzene rings is 5. The van der Waals surface area contributed by atoms with Crippen molar-refractivity contribution in [3.63, 3.8) is 0 Å². The van der Waals surface area contributed by atoms with Crippen molar-refractivity contribution in [3.05, 3.63) is 155 Å². The van der Waals surface area contributed by atoms with Crippen LogP contribution in [0.2, 0.25) is 5.02 Å². The number of rotatable bonds is 7. The van der Waals surface area contributed by atoms with Gasteiger partial charge in [-0.05, 0) is 85.0 Å². The van der Waals surface area contributed by atoms with Crippen molar-refractivity contribution in [3.8, 4) is 11.5 Å². The van der Waals surface area contributed by atoms with Gasteiger partial charge in [0.05, 0.1) is 41.7 Å². The van der Waals surface area contributed by atoms with E-state index >= 15 is 4.79 Å². The van der Waals surface area contributed by atoms with Crippen LogP contribution in [0.25, 0.3) is 0 Å². The second-order valence-corrected chi connectivity index (χ2v) is 15.0. The van der Waals surface area contributed by atoms with E-state index in [0.29, 0.717) is 27.5 Å². The summed E-state index contributed by atoms with van der Waals surface area (Å²) >= 11 is 6.42. The average Bonchev–Trinajstić information content (AvgIpc) is 3.60. The minimum atomic E-state index is -1.52. The zero-order valence-electron chi connectivity index (χ0n) is 29.8. The molecule has 2 heterocycles. The lowest BCUT2D eigenvalue weighted by Gasteiger charge is -2.50. The number of hydrogen-bond donors (Lipinski definition) is 2. The molecule has 0 aromatic heterocycles. The first-order valence-electron chi connectivity index (χ1n) is 18.3. The van der Waals surface area contributed by atoms with Crippen LogP contribution >= 0.6 is 11.6 Å². The van der Waals surface area contributed by atoms with E-state index in [9.17, 15) is 19.5 Å². The number of phenolic OH excluding ortho intramolecular Hbond substituents is 1. The van der Waals surface area contributed by atoms with E-state index in [-0.39, 0.29) is 36.2 Å². The number of ether oxygens (including phenoxy) is 1. The molecule has 274 valence electrons. The summed E-state index contributed by atoms with van der Waals surface area (Å²) < 4.78 is 5.56. The molecule has 2 saturated heterocycles. The van der Waals surface area contributed by atoms with Gasteiger partial charge in [0.2, 0.25) is 23.6 Å². The molecule has 0 bridgehead atoms. The fourth-order valence-corrected chi connectivity index (χ4v) is 9.85. The summed E-state index contributed by atoms with van der Waals surface area (Å²) in [5, 5.41) is 15.6. The third-order valence-corrected chi connectivity index (χ3v) is 12.2. The van der Waals surface area contributed by atoms with Crippen LogP contribution < -0.4 is 19.9 Å². The molecule has 9 rings (SSSR count). The van der Waals surface area contributed by atoms with Gasteiger partial charge in [-0.3, -0.25) is 24.1 Å². The van der Waals surface area contributed by atoms with Crippen LogP contribution in [-0.2, 0) is 24.6 Å². The number of carbonyl (C=O) groups is 4. The van der Waals surface area contributed by atoms with Gasteiger partial charge in [-0.2, -0.15) is 0 Å². The number of nitrogens with one attached hydrogen (secondary N) is 1. The van der Waals surface area contributed by atoms with Gasteiger partial charge in [0.15, 0.2) is 11.5 Å². The number of hydrogen-bond acceptors (Lipinski definition) is 7. The van der Waals surface area contributed by atoms with Gasteiger partial charge in [0.1, 0.15) is 0 Å². The Hall–Kier alpha value is -6.19. The average molecular weight is 750 g/mol. The number of carbonyl (C=O) groups excluding carboxylic acids is 4. The largest absolute Gasteiger partial charge is 0.504 e. The van der Waals surface area contributed by atoms with Gasteiger partial charge in [0, 0.05) is 27.9 Å². The van der Waals surface area contributed by atoms with E-state index in [2.05, 4.69) is 5.32 Å². The fraction of sp³-hybridized carbons (Fsp3) is 0.200. The number of amides is 4. The zero-order valence-corrected chi connectivity index (χ0v) is 30.5. The Balaban J connectivity index is 1.18. The highest BCUT2D eigenvalue weighted by atomic mass is 35.5. The van der Waals surface area contributed by atoms with Crippen LogP contribution in [0.4, 0.5) is 22.7 Å². The highest BCUT2D eigenvalue weighted by Gasteiger charge is 2.70. The molecule has 4 amide bonds. The highest BCUT2D eigenvalue weighted by Crippen LogP contribution is 2.65. The molecule has 2 aliphatic carbocycles. The van der Waals surface area contributed by atoms with E-state index < -0.39 is 46.8 Å². The standard InChI is InChI=1S/C45H36ClN3O6/c1-55-37-17-9-16-34(40(37)50)39-32-22-23-33-38(43(53)48(41(33)51)30-20-18-29(19-21-30)47-28-13-6-3-7-14-28)35(32)25-36-42(52)49(31-15-8-12-27(46)24-31)44(54)45(36,39)26-10-4-2-5-11-26/h2-22,24,33,35-36,38-39,47,50H,23,25H2,1H3. The first-order valence-corrected chi connectivity index (χ1v) is 18.7. The minimum Gasteiger partial charge on any atom is -0.504 e. The number of phenols is 1. The van der Waals surface area contributed by atoms with Gasteiger partial charge in [-0.1, -0.05) is 90.0 Å². The number of methoxy groups -OCH3 is 1. The number of para-hydroxylation sites is 2. The summed E-state index contributed by atoms with van der Waals surface area (Å²) in [6.45, 7) is 0. The molecule has 6 atom stereocenters. The molecular weight excluding hydrogens is 714 g/mol. The summed E-state index contributed by atoms with van der Waals surface area (Å²) in [6.07, 6.45) is 2.36. The molecule has 5 aromatic rings. The molecule has 55 heavy (non-hydrogen) atoms. The van der Waals surface area contributed by atoms with Gasteiger partial charge >= 0.3 is 0 Å².